The normalized spacial score (nSPS) is 29.6. The van der Waals surface area contributed by atoms with Crippen LogP contribution in [-0.4, -0.2) is 46.7 Å². The third kappa shape index (κ3) is 2.71. The Morgan fingerprint density at radius 3 is 2.62 bits per heavy atom. The summed E-state index contributed by atoms with van der Waals surface area (Å²) in [7, 11) is 0. The third-order valence-electron chi connectivity index (χ3n) is 7.51. The Morgan fingerprint density at radius 1 is 1.09 bits per heavy atom. The minimum absolute atomic E-state index is 0.0490. The average Bonchev–Trinajstić information content (AvgIpc) is 3.55. The lowest BCUT2D eigenvalue weighted by atomic mass is 9.76. The van der Waals surface area contributed by atoms with Crippen LogP contribution in [0, 0.1) is 11.8 Å². The Hall–Kier alpha value is -3.43. The van der Waals surface area contributed by atoms with Gasteiger partial charge in [-0.15, -0.1) is 0 Å². The van der Waals surface area contributed by atoms with Crippen molar-refractivity contribution in [2.75, 3.05) is 12.1 Å². The molecule has 0 unspecified atom stereocenters. The molecule has 2 fully saturated rings. The van der Waals surface area contributed by atoms with Gasteiger partial charge < -0.3 is 19.9 Å². The van der Waals surface area contributed by atoms with Gasteiger partial charge in [-0.3, -0.25) is 24.6 Å². The van der Waals surface area contributed by atoms with E-state index in [1.165, 1.54) is 4.90 Å². The first kappa shape index (κ1) is 21.1. The van der Waals surface area contributed by atoms with Crippen LogP contribution >= 0.6 is 0 Å². The summed E-state index contributed by atoms with van der Waals surface area (Å²) in [6.07, 6.45) is -0.186. The number of ether oxygens (including phenoxy) is 2. The predicted octanol–water partition coefficient (Wildman–Crippen LogP) is 1.28. The Balaban J connectivity index is 1.42. The van der Waals surface area contributed by atoms with Crippen LogP contribution in [0.4, 0.5) is 5.69 Å². The number of anilines is 1. The molecule has 3 amide bonds. The molecule has 3 N–H and O–H groups in total. The van der Waals surface area contributed by atoms with Crippen molar-refractivity contribution in [1.82, 2.24) is 10.2 Å². The van der Waals surface area contributed by atoms with Gasteiger partial charge in [0.05, 0.1) is 24.5 Å². The summed E-state index contributed by atoms with van der Waals surface area (Å²) in [5, 5.41) is 16.7. The van der Waals surface area contributed by atoms with Gasteiger partial charge in [0.15, 0.2) is 11.5 Å². The molecule has 2 aromatic carbocycles. The maximum absolute atomic E-state index is 13.8. The molecule has 1 spiro atoms. The van der Waals surface area contributed by atoms with Crippen molar-refractivity contribution < 1.29 is 29.0 Å². The number of aliphatic hydroxyl groups is 1. The summed E-state index contributed by atoms with van der Waals surface area (Å²) in [6, 6.07) is 10.2. The average molecular weight is 463 g/mol. The lowest BCUT2D eigenvalue weighted by Gasteiger charge is -2.30. The smallest absolute Gasteiger partial charge is 0.250 e. The number of fused-ring (bicyclic) bond motifs is 5. The molecule has 9 nitrogen and oxygen atoms in total. The fourth-order valence-electron chi connectivity index (χ4n) is 5.85. The minimum Gasteiger partial charge on any atom is -0.454 e. The van der Waals surface area contributed by atoms with Gasteiger partial charge in [-0.1, -0.05) is 25.1 Å². The molecular weight excluding hydrogens is 438 g/mol. The number of carbonyl (C=O) groups is 3. The minimum atomic E-state index is -1.41. The number of hydrogen-bond acceptors (Lipinski definition) is 7. The second kappa shape index (κ2) is 7.28. The SMILES string of the molecule is CCc1ccc2c(c1)[C@]1(N[C@@H]([C@H](C)O)[C@H]3C(=O)N(Cc4ccc5c(c4)OCO5)C(=O)[C@H]31)C(=O)N2. The highest BCUT2D eigenvalue weighted by atomic mass is 16.7. The Bertz CT molecular complexity index is 1240. The van der Waals surface area contributed by atoms with Crippen molar-refractivity contribution in [3.8, 4) is 11.5 Å². The molecule has 176 valence electrons. The predicted molar refractivity (Wildman–Crippen MR) is 120 cm³/mol. The number of hydrogen-bond donors (Lipinski definition) is 3. The molecule has 0 radical (unpaired) electrons. The standard InChI is InChI=1S/C25H25N3O6/c1-3-13-4-6-16-15(8-13)25(24(32)26-16)20-19(21(27-25)12(2)29)22(30)28(23(20)31)10-14-5-7-17-18(9-14)34-11-33-17/h4-9,12,19-21,27,29H,3,10-11H2,1-2H3,(H,26,32)/t12-,19-,20-,21-,25+/m0/s1. The highest BCUT2D eigenvalue weighted by molar-refractivity contribution is 6.15. The van der Waals surface area contributed by atoms with E-state index in [2.05, 4.69) is 10.6 Å². The number of aliphatic hydroxyl groups excluding tert-OH is 1. The van der Waals surface area contributed by atoms with Crippen LogP contribution < -0.4 is 20.1 Å². The maximum atomic E-state index is 13.8. The lowest BCUT2D eigenvalue weighted by molar-refractivity contribution is -0.143. The highest BCUT2D eigenvalue weighted by Gasteiger charge is 2.71. The van der Waals surface area contributed by atoms with E-state index in [-0.39, 0.29) is 19.2 Å². The van der Waals surface area contributed by atoms with E-state index in [1.54, 1.807) is 25.1 Å². The largest absolute Gasteiger partial charge is 0.454 e. The number of aryl methyl sites for hydroxylation is 1. The van der Waals surface area contributed by atoms with Crippen LogP contribution in [0.15, 0.2) is 36.4 Å². The summed E-state index contributed by atoms with van der Waals surface area (Å²) in [5.74, 6) is -1.83. The van der Waals surface area contributed by atoms with E-state index in [1.807, 2.05) is 25.1 Å². The first-order valence-electron chi connectivity index (χ1n) is 11.5. The number of imide groups is 1. The van der Waals surface area contributed by atoms with Crippen molar-refractivity contribution >= 4 is 23.4 Å². The Kier molecular flexibility index (Phi) is 4.53. The molecule has 5 atom stereocenters. The van der Waals surface area contributed by atoms with E-state index in [4.69, 9.17) is 9.47 Å². The number of rotatable bonds is 4. The van der Waals surface area contributed by atoms with E-state index in [0.29, 0.717) is 28.3 Å². The van der Waals surface area contributed by atoms with Gasteiger partial charge in [0.1, 0.15) is 5.54 Å². The van der Waals surface area contributed by atoms with E-state index in [9.17, 15) is 19.5 Å². The molecular formula is C25H25N3O6. The summed E-state index contributed by atoms with van der Waals surface area (Å²) >= 11 is 0. The van der Waals surface area contributed by atoms with Crippen molar-refractivity contribution in [2.45, 2.75) is 44.5 Å². The monoisotopic (exact) mass is 463 g/mol. The zero-order valence-electron chi connectivity index (χ0n) is 18.8. The van der Waals surface area contributed by atoms with Crippen molar-refractivity contribution in [3.05, 3.63) is 53.1 Å². The lowest BCUT2D eigenvalue weighted by Crippen LogP contribution is -2.54. The van der Waals surface area contributed by atoms with Gasteiger partial charge >= 0.3 is 0 Å². The molecule has 0 saturated carbocycles. The number of nitrogens with zero attached hydrogens (tertiary/aromatic N) is 1. The molecule has 0 bridgehead atoms. The van der Waals surface area contributed by atoms with Gasteiger partial charge in [0.2, 0.25) is 24.5 Å². The summed E-state index contributed by atoms with van der Waals surface area (Å²) in [4.78, 5) is 42.1. The quantitative estimate of drug-likeness (QED) is 0.585. The molecule has 4 aliphatic heterocycles. The van der Waals surface area contributed by atoms with Gasteiger partial charge in [-0.05, 0) is 42.7 Å². The van der Waals surface area contributed by atoms with Crippen molar-refractivity contribution in [2.24, 2.45) is 11.8 Å². The van der Waals surface area contributed by atoms with Crippen LogP contribution in [0.3, 0.4) is 0 Å². The van der Waals surface area contributed by atoms with E-state index >= 15 is 0 Å². The van der Waals surface area contributed by atoms with Gasteiger partial charge in [0.25, 0.3) is 0 Å². The van der Waals surface area contributed by atoms with Gasteiger partial charge in [-0.25, -0.2) is 0 Å². The number of amides is 3. The topological polar surface area (TPSA) is 117 Å². The summed E-state index contributed by atoms with van der Waals surface area (Å²) in [5.41, 5.74) is 1.59. The number of carbonyl (C=O) groups excluding carboxylic acids is 3. The molecule has 0 aliphatic carbocycles. The molecule has 4 heterocycles. The summed E-state index contributed by atoms with van der Waals surface area (Å²) < 4.78 is 10.8. The molecule has 2 aromatic rings. The molecule has 6 rings (SSSR count). The van der Waals surface area contributed by atoms with Crippen LogP contribution in [0.1, 0.15) is 30.5 Å². The Labute approximate surface area is 196 Å². The van der Waals surface area contributed by atoms with Crippen LogP contribution in [0.2, 0.25) is 0 Å². The zero-order valence-corrected chi connectivity index (χ0v) is 18.8. The van der Waals surface area contributed by atoms with E-state index in [0.717, 1.165) is 12.0 Å². The maximum Gasteiger partial charge on any atom is 0.250 e. The van der Waals surface area contributed by atoms with Crippen LogP contribution in [0.5, 0.6) is 11.5 Å². The molecule has 0 aromatic heterocycles. The molecule has 4 aliphatic rings. The number of likely N-dealkylation sites (tertiary alicyclic amines) is 1. The molecule has 34 heavy (non-hydrogen) atoms. The second-order valence-electron chi connectivity index (χ2n) is 9.36. The van der Waals surface area contributed by atoms with Gasteiger partial charge in [-0.2, -0.15) is 0 Å². The van der Waals surface area contributed by atoms with Crippen LogP contribution in [-0.2, 0) is 32.9 Å². The van der Waals surface area contributed by atoms with Crippen molar-refractivity contribution in [1.29, 1.82) is 0 Å². The Morgan fingerprint density at radius 2 is 1.85 bits per heavy atom. The molecule has 9 heteroatoms. The number of nitrogens with one attached hydrogen (secondary N) is 2. The van der Waals surface area contributed by atoms with Crippen molar-refractivity contribution in [3.63, 3.8) is 0 Å². The molecule has 2 saturated heterocycles. The number of benzene rings is 2. The highest BCUT2D eigenvalue weighted by Crippen LogP contribution is 2.53. The van der Waals surface area contributed by atoms with Gasteiger partial charge in [0, 0.05) is 17.3 Å². The van der Waals surface area contributed by atoms with E-state index < -0.39 is 41.3 Å². The van der Waals surface area contributed by atoms with Crippen LogP contribution in [0.25, 0.3) is 0 Å². The second-order valence-corrected chi connectivity index (χ2v) is 9.36. The first-order valence-corrected chi connectivity index (χ1v) is 11.5. The fraction of sp³-hybridized carbons (Fsp3) is 0.400. The third-order valence-corrected chi connectivity index (χ3v) is 7.51. The summed E-state index contributed by atoms with van der Waals surface area (Å²) in [6.45, 7) is 3.76. The first-order chi connectivity index (χ1) is 16.3. The zero-order chi connectivity index (χ0) is 23.8. The fourth-order valence-corrected chi connectivity index (χ4v) is 5.85.